The number of ether oxygens (including phenoxy) is 1. The van der Waals surface area contributed by atoms with Crippen LogP contribution in [0.25, 0.3) is 0 Å². The number of hydrogen-bond acceptors (Lipinski definition) is 4. The van der Waals surface area contributed by atoms with Crippen molar-refractivity contribution in [3.8, 4) is 11.5 Å². The van der Waals surface area contributed by atoms with Gasteiger partial charge in [-0.15, -0.1) is 0 Å². The summed E-state index contributed by atoms with van der Waals surface area (Å²) < 4.78 is 32.8. The number of amides is 1. The Morgan fingerprint density at radius 2 is 1.71 bits per heavy atom. The summed E-state index contributed by atoms with van der Waals surface area (Å²) in [4.78, 5) is 12.9. The van der Waals surface area contributed by atoms with Gasteiger partial charge in [-0.1, -0.05) is 54.4 Å². The molecule has 0 aliphatic carbocycles. The van der Waals surface area contributed by atoms with Crippen LogP contribution in [0.2, 0.25) is 5.02 Å². The average Bonchev–Trinajstić information content (AvgIpc) is 2.75. The lowest BCUT2D eigenvalue weighted by Crippen LogP contribution is -2.37. The first-order chi connectivity index (χ1) is 14.8. The minimum absolute atomic E-state index is 0.142. The van der Waals surface area contributed by atoms with Crippen LogP contribution in [0.4, 0.5) is 5.69 Å². The molecule has 0 aliphatic heterocycles. The number of hydrogen-bond donors (Lipinski definition) is 1. The molecule has 0 aromatic heterocycles. The lowest BCUT2D eigenvalue weighted by molar-refractivity contribution is -0.116. The minimum atomic E-state index is -3.81. The standard InChI is InChI=1S/C23H23ClN2O4S/c1-3-26(31(28,29)20-12-9-17(2)10-13-20)16-23(27)25-21-15-18(24)11-14-22(21)30-19-7-5-4-6-8-19/h4-15H,3,16H2,1-2H3,(H,25,27). The van der Waals surface area contributed by atoms with Crippen LogP contribution in [0.15, 0.2) is 77.7 Å². The minimum Gasteiger partial charge on any atom is -0.455 e. The van der Waals surface area contributed by atoms with Crippen molar-refractivity contribution in [2.45, 2.75) is 18.7 Å². The van der Waals surface area contributed by atoms with Gasteiger partial charge in [-0.3, -0.25) is 4.79 Å². The first-order valence-electron chi connectivity index (χ1n) is 9.68. The lowest BCUT2D eigenvalue weighted by atomic mass is 10.2. The zero-order chi connectivity index (χ0) is 22.4. The third-order valence-electron chi connectivity index (χ3n) is 4.52. The van der Waals surface area contributed by atoms with Crippen molar-refractivity contribution in [2.75, 3.05) is 18.4 Å². The van der Waals surface area contributed by atoms with Crippen molar-refractivity contribution in [1.29, 1.82) is 0 Å². The number of halogens is 1. The molecule has 0 spiro atoms. The normalized spacial score (nSPS) is 11.4. The Labute approximate surface area is 187 Å². The zero-order valence-electron chi connectivity index (χ0n) is 17.2. The van der Waals surface area contributed by atoms with E-state index in [0.717, 1.165) is 9.87 Å². The summed E-state index contributed by atoms with van der Waals surface area (Å²) in [5, 5.41) is 3.13. The Morgan fingerprint density at radius 1 is 1.03 bits per heavy atom. The van der Waals surface area contributed by atoms with Gasteiger partial charge in [0.2, 0.25) is 15.9 Å². The smallest absolute Gasteiger partial charge is 0.243 e. The van der Waals surface area contributed by atoms with Gasteiger partial charge in [-0.25, -0.2) is 8.42 Å². The predicted octanol–water partition coefficient (Wildman–Crippen LogP) is 5.09. The van der Waals surface area contributed by atoms with E-state index in [1.165, 1.54) is 12.1 Å². The number of carbonyl (C=O) groups is 1. The average molecular weight is 459 g/mol. The maximum Gasteiger partial charge on any atom is 0.243 e. The van der Waals surface area contributed by atoms with Gasteiger partial charge in [0.1, 0.15) is 5.75 Å². The van der Waals surface area contributed by atoms with E-state index >= 15 is 0 Å². The second-order valence-corrected chi connectivity index (χ2v) is 9.22. The topological polar surface area (TPSA) is 75.7 Å². The Kier molecular flexibility index (Phi) is 7.33. The summed E-state index contributed by atoms with van der Waals surface area (Å²) in [6.07, 6.45) is 0. The fraction of sp³-hybridized carbons (Fsp3) is 0.174. The molecule has 3 aromatic carbocycles. The summed E-state index contributed by atoms with van der Waals surface area (Å²) in [6, 6.07) is 20.5. The SMILES string of the molecule is CCN(CC(=O)Nc1cc(Cl)ccc1Oc1ccccc1)S(=O)(=O)c1ccc(C)cc1. The molecule has 0 radical (unpaired) electrons. The molecular formula is C23H23ClN2O4S. The molecular weight excluding hydrogens is 436 g/mol. The molecule has 0 atom stereocenters. The van der Waals surface area contributed by atoms with Crippen molar-refractivity contribution in [2.24, 2.45) is 0 Å². The molecule has 8 heteroatoms. The van der Waals surface area contributed by atoms with Gasteiger partial charge in [-0.2, -0.15) is 4.31 Å². The molecule has 6 nitrogen and oxygen atoms in total. The first-order valence-corrected chi connectivity index (χ1v) is 11.5. The van der Waals surface area contributed by atoms with Gasteiger partial charge >= 0.3 is 0 Å². The number of rotatable bonds is 8. The number of anilines is 1. The van der Waals surface area contributed by atoms with E-state index in [1.54, 1.807) is 49.4 Å². The highest BCUT2D eigenvalue weighted by Gasteiger charge is 2.25. The number of para-hydroxylation sites is 1. The van der Waals surface area contributed by atoms with Crippen LogP contribution in [0.1, 0.15) is 12.5 Å². The molecule has 0 aliphatic rings. The van der Waals surface area contributed by atoms with Crippen LogP contribution in [-0.2, 0) is 14.8 Å². The van der Waals surface area contributed by atoms with Crippen LogP contribution in [0.3, 0.4) is 0 Å². The number of nitrogens with zero attached hydrogens (tertiary/aromatic N) is 1. The van der Waals surface area contributed by atoms with Gasteiger partial charge in [0.15, 0.2) is 5.75 Å². The third-order valence-corrected chi connectivity index (χ3v) is 6.69. The number of aryl methyl sites for hydroxylation is 1. The van der Waals surface area contributed by atoms with Gasteiger partial charge < -0.3 is 10.1 Å². The number of sulfonamides is 1. The van der Waals surface area contributed by atoms with Crippen LogP contribution in [0.5, 0.6) is 11.5 Å². The van der Waals surface area contributed by atoms with E-state index in [4.69, 9.17) is 16.3 Å². The first kappa shape index (κ1) is 22.8. The molecule has 3 aromatic rings. The van der Waals surface area contributed by atoms with Crippen LogP contribution < -0.4 is 10.1 Å². The molecule has 1 amide bonds. The molecule has 31 heavy (non-hydrogen) atoms. The molecule has 0 heterocycles. The fourth-order valence-corrected chi connectivity index (χ4v) is 4.46. The largest absolute Gasteiger partial charge is 0.455 e. The van der Waals surface area contributed by atoms with Crippen molar-refractivity contribution in [1.82, 2.24) is 4.31 Å². The van der Waals surface area contributed by atoms with Gasteiger partial charge in [-0.05, 0) is 49.4 Å². The molecule has 162 valence electrons. The number of benzene rings is 3. The quantitative estimate of drug-likeness (QED) is 0.510. The summed E-state index contributed by atoms with van der Waals surface area (Å²) in [7, 11) is -3.81. The van der Waals surface area contributed by atoms with Crippen molar-refractivity contribution in [3.05, 3.63) is 83.4 Å². The number of likely N-dealkylation sites (N-methyl/N-ethyl adjacent to an activating group) is 1. The fourth-order valence-electron chi connectivity index (χ4n) is 2.88. The Morgan fingerprint density at radius 3 is 2.35 bits per heavy atom. The molecule has 1 N–H and O–H groups in total. The van der Waals surface area contributed by atoms with E-state index in [9.17, 15) is 13.2 Å². The van der Waals surface area contributed by atoms with Crippen molar-refractivity contribution < 1.29 is 17.9 Å². The van der Waals surface area contributed by atoms with Crippen LogP contribution in [-0.4, -0.2) is 31.7 Å². The van der Waals surface area contributed by atoms with Gasteiger partial charge in [0.05, 0.1) is 17.1 Å². The molecule has 0 bridgehead atoms. The molecule has 3 rings (SSSR count). The van der Waals surface area contributed by atoms with Crippen molar-refractivity contribution >= 4 is 33.2 Å². The summed E-state index contributed by atoms with van der Waals surface area (Å²) in [6.45, 7) is 3.36. The third kappa shape index (κ3) is 5.85. The highest BCUT2D eigenvalue weighted by atomic mass is 35.5. The molecule has 0 saturated carbocycles. The maximum atomic E-state index is 12.9. The van der Waals surface area contributed by atoms with E-state index in [0.29, 0.717) is 22.2 Å². The number of nitrogens with one attached hydrogen (secondary N) is 1. The van der Waals surface area contributed by atoms with Crippen molar-refractivity contribution in [3.63, 3.8) is 0 Å². The second kappa shape index (κ2) is 9.96. The predicted molar refractivity (Wildman–Crippen MR) is 122 cm³/mol. The van der Waals surface area contributed by atoms with E-state index in [1.807, 2.05) is 25.1 Å². The molecule has 0 fully saturated rings. The maximum absolute atomic E-state index is 12.9. The lowest BCUT2D eigenvalue weighted by Gasteiger charge is -2.20. The summed E-state index contributed by atoms with van der Waals surface area (Å²) in [5.41, 5.74) is 1.30. The Bertz CT molecular complexity index is 1150. The molecule has 0 unspecified atom stereocenters. The Hall–Kier alpha value is -2.87. The van der Waals surface area contributed by atoms with Gasteiger partial charge in [0.25, 0.3) is 0 Å². The van der Waals surface area contributed by atoms with Gasteiger partial charge in [0, 0.05) is 11.6 Å². The van der Waals surface area contributed by atoms with E-state index < -0.39 is 15.9 Å². The highest BCUT2D eigenvalue weighted by molar-refractivity contribution is 7.89. The summed E-state index contributed by atoms with van der Waals surface area (Å²) >= 11 is 6.09. The van der Waals surface area contributed by atoms with Crippen LogP contribution >= 0.6 is 11.6 Å². The van der Waals surface area contributed by atoms with E-state index in [2.05, 4.69) is 5.32 Å². The zero-order valence-corrected chi connectivity index (χ0v) is 18.8. The Balaban J connectivity index is 1.77. The monoisotopic (exact) mass is 458 g/mol. The molecule has 0 saturated heterocycles. The highest BCUT2D eigenvalue weighted by Crippen LogP contribution is 2.32. The summed E-state index contributed by atoms with van der Waals surface area (Å²) in [5.74, 6) is 0.489. The van der Waals surface area contributed by atoms with Crippen LogP contribution in [0, 0.1) is 6.92 Å². The second-order valence-electron chi connectivity index (χ2n) is 6.85. The number of carbonyl (C=O) groups excluding carboxylic acids is 1. The van der Waals surface area contributed by atoms with E-state index in [-0.39, 0.29) is 18.0 Å².